The number of aliphatic hydroxyl groups is 1. The van der Waals surface area contributed by atoms with Gasteiger partial charge in [-0.05, 0) is 6.92 Å². The van der Waals surface area contributed by atoms with E-state index in [1.54, 1.807) is 6.92 Å². The van der Waals surface area contributed by atoms with Gasteiger partial charge in [-0.15, -0.1) is 12.4 Å². The third-order valence-corrected chi connectivity index (χ3v) is 0.829. The molecule has 2 N–H and O–H groups in total. The smallest absolute Gasteiger partial charge is 0.152 e. The molecule has 0 unspecified atom stereocenters. The molecular formula is C4H8ClN3O. The Labute approximate surface area is 58.7 Å². The largest absolute Gasteiger partial charge is 0.385 e. The molecule has 0 aliphatic rings. The molecule has 1 aromatic rings. The Morgan fingerprint density at radius 3 is 2.67 bits per heavy atom. The molecule has 0 fully saturated rings. The SMILES string of the molecule is C[C@@H](O)c1ncn[nH]1.Cl. The number of rotatable bonds is 1. The lowest BCUT2D eigenvalue weighted by molar-refractivity contribution is 0.189. The van der Waals surface area contributed by atoms with Gasteiger partial charge in [0.15, 0.2) is 5.82 Å². The third kappa shape index (κ3) is 1.99. The van der Waals surface area contributed by atoms with E-state index in [0.717, 1.165) is 0 Å². The number of halogens is 1. The maximum absolute atomic E-state index is 8.78. The highest BCUT2D eigenvalue weighted by molar-refractivity contribution is 5.85. The van der Waals surface area contributed by atoms with Crippen LogP contribution in [0.3, 0.4) is 0 Å². The Morgan fingerprint density at radius 2 is 2.44 bits per heavy atom. The van der Waals surface area contributed by atoms with Crippen LogP contribution in [-0.4, -0.2) is 20.3 Å². The highest BCUT2D eigenvalue weighted by atomic mass is 35.5. The van der Waals surface area contributed by atoms with E-state index in [2.05, 4.69) is 15.2 Å². The zero-order chi connectivity index (χ0) is 5.98. The molecule has 9 heavy (non-hydrogen) atoms. The Hall–Kier alpha value is -0.610. The van der Waals surface area contributed by atoms with Crippen molar-refractivity contribution < 1.29 is 5.11 Å². The fourth-order valence-electron chi connectivity index (χ4n) is 0.416. The van der Waals surface area contributed by atoms with Crippen LogP contribution >= 0.6 is 12.4 Å². The summed E-state index contributed by atoms with van der Waals surface area (Å²) >= 11 is 0. The minimum absolute atomic E-state index is 0. The fraction of sp³-hybridized carbons (Fsp3) is 0.500. The van der Waals surface area contributed by atoms with Gasteiger partial charge >= 0.3 is 0 Å². The van der Waals surface area contributed by atoms with Gasteiger partial charge in [-0.25, -0.2) is 4.98 Å². The Kier molecular flexibility index (Phi) is 3.19. The van der Waals surface area contributed by atoms with E-state index < -0.39 is 6.10 Å². The van der Waals surface area contributed by atoms with Crippen molar-refractivity contribution in [3.8, 4) is 0 Å². The molecule has 4 nitrogen and oxygen atoms in total. The molecule has 0 aromatic carbocycles. The lowest BCUT2D eigenvalue weighted by atomic mass is 10.4. The molecule has 0 saturated heterocycles. The van der Waals surface area contributed by atoms with Gasteiger partial charge in [-0.3, -0.25) is 5.10 Å². The summed E-state index contributed by atoms with van der Waals surface area (Å²) in [5.41, 5.74) is 0. The number of aromatic nitrogens is 3. The van der Waals surface area contributed by atoms with Crippen LogP contribution in [0, 0.1) is 0 Å². The van der Waals surface area contributed by atoms with Crippen molar-refractivity contribution in [2.45, 2.75) is 13.0 Å². The number of hydrogen-bond donors (Lipinski definition) is 2. The molecule has 0 amide bonds. The third-order valence-electron chi connectivity index (χ3n) is 0.829. The molecule has 1 rings (SSSR count). The molecule has 0 aliphatic heterocycles. The first-order valence-electron chi connectivity index (χ1n) is 2.34. The Balaban J connectivity index is 0.000000640. The monoisotopic (exact) mass is 149 g/mol. The van der Waals surface area contributed by atoms with Gasteiger partial charge in [0, 0.05) is 0 Å². The maximum Gasteiger partial charge on any atom is 0.152 e. The summed E-state index contributed by atoms with van der Waals surface area (Å²) in [6.07, 6.45) is 0.819. The molecular weight excluding hydrogens is 142 g/mol. The summed E-state index contributed by atoms with van der Waals surface area (Å²) in [7, 11) is 0. The minimum Gasteiger partial charge on any atom is -0.385 e. The molecule has 1 atom stereocenters. The Morgan fingerprint density at radius 1 is 1.78 bits per heavy atom. The number of nitrogens with one attached hydrogen (secondary N) is 1. The van der Waals surface area contributed by atoms with Crippen LogP contribution in [0.4, 0.5) is 0 Å². The Bertz CT molecular complexity index is 151. The van der Waals surface area contributed by atoms with Gasteiger partial charge in [-0.2, -0.15) is 5.10 Å². The van der Waals surface area contributed by atoms with Crippen LogP contribution in [0.1, 0.15) is 18.9 Å². The highest BCUT2D eigenvalue weighted by Gasteiger charge is 1.99. The van der Waals surface area contributed by atoms with Crippen LogP contribution in [0.5, 0.6) is 0 Å². The van der Waals surface area contributed by atoms with E-state index in [0.29, 0.717) is 5.82 Å². The standard InChI is InChI=1S/C4H7N3O.ClH/c1-3(8)4-5-2-6-7-4;/h2-3,8H,1H3,(H,5,6,7);1H/t3-;/m1./s1. The molecule has 1 aromatic heterocycles. The van der Waals surface area contributed by atoms with Gasteiger partial charge in [0.2, 0.25) is 0 Å². The van der Waals surface area contributed by atoms with E-state index in [1.807, 2.05) is 0 Å². The van der Waals surface area contributed by atoms with Crippen LogP contribution in [0.2, 0.25) is 0 Å². The number of aromatic amines is 1. The minimum atomic E-state index is -0.544. The first-order valence-corrected chi connectivity index (χ1v) is 2.34. The molecule has 5 heteroatoms. The van der Waals surface area contributed by atoms with Gasteiger partial charge in [0.1, 0.15) is 12.4 Å². The predicted octanol–water partition coefficient (Wildman–Crippen LogP) is 0.280. The average molecular weight is 150 g/mol. The molecule has 52 valence electrons. The molecule has 0 spiro atoms. The van der Waals surface area contributed by atoms with Crippen molar-refractivity contribution in [1.82, 2.24) is 15.2 Å². The van der Waals surface area contributed by atoms with Gasteiger partial charge in [0.25, 0.3) is 0 Å². The first kappa shape index (κ1) is 8.39. The van der Waals surface area contributed by atoms with Crippen LogP contribution < -0.4 is 0 Å². The summed E-state index contributed by atoms with van der Waals surface area (Å²) < 4.78 is 0. The molecule has 0 saturated carbocycles. The van der Waals surface area contributed by atoms with Crippen molar-refractivity contribution in [3.05, 3.63) is 12.2 Å². The van der Waals surface area contributed by atoms with Crippen molar-refractivity contribution in [2.75, 3.05) is 0 Å². The molecule has 0 radical (unpaired) electrons. The van der Waals surface area contributed by atoms with Crippen LogP contribution in [0.25, 0.3) is 0 Å². The number of hydrogen-bond acceptors (Lipinski definition) is 3. The van der Waals surface area contributed by atoms with Crippen molar-refractivity contribution >= 4 is 12.4 Å². The van der Waals surface area contributed by atoms with Crippen molar-refractivity contribution in [3.63, 3.8) is 0 Å². The van der Waals surface area contributed by atoms with E-state index in [-0.39, 0.29) is 12.4 Å². The predicted molar refractivity (Wildman–Crippen MR) is 34.3 cm³/mol. The van der Waals surface area contributed by atoms with E-state index in [4.69, 9.17) is 5.11 Å². The molecule has 0 bridgehead atoms. The van der Waals surface area contributed by atoms with Crippen molar-refractivity contribution in [1.29, 1.82) is 0 Å². The molecule has 1 heterocycles. The highest BCUT2D eigenvalue weighted by Crippen LogP contribution is 2.00. The van der Waals surface area contributed by atoms with Gasteiger partial charge < -0.3 is 5.11 Å². The lowest BCUT2D eigenvalue weighted by Crippen LogP contribution is -1.92. The summed E-state index contributed by atoms with van der Waals surface area (Å²) in [4.78, 5) is 3.70. The quantitative estimate of drug-likeness (QED) is 0.603. The zero-order valence-corrected chi connectivity index (χ0v) is 5.72. The van der Waals surface area contributed by atoms with E-state index in [1.165, 1.54) is 6.33 Å². The van der Waals surface area contributed by atoms with E-state index in [9.17, 15) is 0 Å². The fourth-order valence-corrected chi connectivity index (χ4v) is 0.416. The molecule has 0 aliphatic carbocycles. The van der Waals surface area contributed by atoms with E-state index >= 15 is 0 Å². The first-order chi connectivity index (χ1) is 3.80. The summed E-state index contributed by atoms with van der Waals surface area (Å²) in [5.74, 6) is 0.505. The summed E-state index contributed by atoms with van der Waals surface area (Å²) in [6, 6.07) is 0. The van der Waals surface area contributed by atoms with Crippen LogP contribution in [-0.2, 0) is 0 Å². The number of H-pyrrole nitrogens is 1. The topological polar surface area (TPSA) is 61.8 Å². The van der Waals surface area contributed by atoms with Crippen molar-refractivity contribution in [2.24, 2.45) is 0 Å². The van der Waals surface area contributed by atoms with Gasteiger partial charge in [0.05, 0.1) is 0 Å². The second-order valence-corrected chi connectivity index (χ2v) is 1.55. The number of aliphatic hydroxyl groups excluding tert-OH is 1. The zero-order valence-electron chi connectivity index (χ0n) is 4.90. The number of nitrogens with zero attached hydrogens (tertiary/aromatic N) is 2. The second kappa shape index (κ2) is 3.42. The van der Waals surface area contributed by atoms with Gasteiger partial charge in [-0.1, -0.05) is 0 Å². The summed E-state index contributed by atoms with van der Waals surface area (Å²) in [5, 5.41) is 14.9. The summed E-state index contributed by atoms with van der Waals surface area (Å²) in [6.45, 7) is 1.63. The average Bonchev–Trinajstić information content (AvgIpc) is 2.12. The normalized spacial score (nSPS) is 12.2. The maximum atomic E-state index is 8.78. The second-order valence-electron chi connectivity index (χ2n) is 1.55. The van der Waals surface area contributed by atoms with Crippen LogP contribution in [0.15, 0.2) is 6.33 Å². The lowest BCUT2D eigenvalue weighted by Gasteiger charge is -1.93.